The highest BCUT2D eigenvalue weighted by Gasteiger charge is 2.13. The summed E-state index contributed by atoms with van der Waals surface area (Å²) in [6.07, 6.45) is 8.18. The van der Waals surface area contributed by atoms with Gasteiger partial charge >= 0.3 is 0 Å². The number of hydrogen-bond acceptors (Lipinski definition) is 4. The Balaban J connectivity index is 0.00000420. The first-order chi connectivity index (χ1) is 13.7. The quantitative estimate of drug-likeness (QED) is 0.162. The van der Waals surface area contributed by atoms with Crippen LogP contribution in [0.2, 0.25) is 0 Å². The van der Waals surface area contributed by atoms with Crippen molar-refractivity contribution in [2.75, 3.05) is 33.4 Å². The van der Waals surface area contributed by atoms with Gasteiger partial charge in [-0.3, -0.25) is 4.68 Å². The molecule has 1 aromatic rings. The van der Waals surface area contributed by atoms with Crippen LogP contribution < -0.4 is 10.6 Å². The third kappa shape index (κ3) is 9.21. The highest BCUT2D eigenvalue weighted by Crippen LogP contribution is 2.19. The predicted molar refractivity (Wildman–Crippen MR) is 129 cm³/mol. The Bertz CT molecular complexity index is 598. The summed E-state index contributed by atoms with van der Waals surface area (Å²) in [7, 11) is 1.71. The van der Waals surface area contributed by atoms with Crippen molar-refractivity contribution in [1.82, 2.24) is 20.4 Å². The van der Waals surface area contributed by atoms with Crippen molar-refractivity contribution in [3.8, 4) is 0 Å². The number of aromatic nitrogens is 2. The van der Waals surface area contributed by atoms with Crippen LogP contribution in [0, 0.1) is 13.8 Å². The van der Waals surface area contributed by atoms with E-state index in [9.17, 15) is 0 Å². The molecule has 0 amide bonds. The van der Waals surface area contributed by atoms with Crippen LogP contribution in [0.5, 0.6) is 0 Å². The molecular formula is C21H40IN5O2. The number of aliphatic imine (C=N–C) groups is 1. The minimum Gasteiger partial charge on any atom is -0.383 e. The summed E-state index contributed by atoms with van der Waals surface area (Å²) in [5.41, 5.74) is 3.37. The van der Waals surface area contributed by atoms with Crippen LogP contribution in [-0.2, 0) is 22.6 Å². The van der Waals surface area contributed by atoms with E-state index in [4.69, 9.17) is 14.5 Å². The molecule has 168 valence electrons. The van der Waals surface area contributed by atoms with Gasteiger partial charge in [-0.05, 0) is 33.6 Å². The lowest BCUT2D eigenvalue weighted by Crippen LogP contribution is -2.39. The maximum absolute atomic E-state index is 6.06. The number of ether oxygens (including phenoxy) is 2. The Morgan fingerprint density at radius 3 is 2.52 bits per heavy atom. The van der Waals surface area contributed by atoms with E-state index in [1.54, 1.807) is 7.11 Å². The normalized spacial score (nSPS) is 15.7. The fourth-order valence-electron chi connectivity index (χ4n) is 3.66. The van der Waals surface area contributed by atoms with E-state index < -0.39 is 0 Å². The van der Waals surface area contributed by atoms with Gasteiger partial charge < -0.3 is 20.1 Å². The largest absolute Gasteiger partial charge is 0.383 e. The molecule has 8 heteroatoms. The van der Waals surface area contributed by atoms with Crippen molar-refractivity contribution in [2.24, 2.45) is 4.99 Å². The molecule has 0 spiro atoms. The first-order valence-electron chi connectivity index (χ1n) is 10.8. The summed E-state index contributed by atoms with van der Waals surface area (Å²) < 4.78 is 13.2. The fourth-order valence-corrected chi connectivity index (χ4v) is 3.66. The van der Waals surface area contributed by atoms with Crippen molar-refractivity contribution in [2.45, 2.75) is 78.5 Å². The van der Waals surface area contributed by atoms with E-state index in [-0.39, 0.29) is 24.0 Å². The maximum atomic E-state index is 6.06. The van der Waals surface area contributed by atoms with Gasteiger partial charge in [0.25, 0.3) is 0 Å². The number of methoxy groups -OCH3 is 1. The summed E-state index contributed by atoms with van der Waals surface area (Å²) in [6, 6.07) is 0. The third-order valence-corrected chi connectivity index (χ3v) is 5.33. The van der Waals surface area contributed by atoms with Crippen molar-refractivity contribution in [3.63, 3.8) is 0 Å². The Hall–Kier alpha value is -0.870. The van der Waals surface area contributed by atoms with Crippen LogP contribution in [0.4, 0.5) is 0 Å². The van der Waals surface area contributed by atoms with Gasteiger partial charge in [-0.15, -0.1) is 24.0 Å². The van der Waals surface area contributed by atoms with Crippen molar-refractivity contribution >= 4 is 29.9 Å². The monoisotopic (exact) mass is 521 g/mol. The Labute approximate surface area is 193 Å². The lowest BCUT2D eigenvalue weighted by Gasteiger charge is -2.16. The van der Waals surface area contributed by atoms with Gasteiger partial charge in [0.1, 0.15) is 0 Å². The van der Waals surface area contributed by atoms with Crippen LogP contribution in [0.1, 0.15) is 62.4 Å². The second kappa shape index (κ2) is 15.0. The third-order valence-electron chi connectivity index (χ3n) is 5.33. The lowest BCUT2D eigenvalue weighted by molar-refractivity contribution is 0.0468. The summed E-state index contributed by atoms with van der Waals surface area (Å²) in [5.74, 6) is 0.829. The van der Waals surface area contributed by atoms with Gasteiger partial charge in [0.15, 0.2) is 5.96 Å². The zero-order valence-electron chi connectivity index (χ0n) is 18.6. The number of guanidine groups is 1. The maximum Gasteiger partial charge on any atom is 0.191 e. The number of rotatable bonds is 10. The number of halogens is 1. The molecule has 2 rings (SSSR count). The van der Waals surface area contributed by atoms with Crippen molar-refractivity contribution in [1.29, 1.82) is 0 Å². The van der Waals surface area contributed by atoms with E-state index in [2.05, 4.69) is 29.6 Å². The number of nitrogens with zero attached hydrogens (tertiary/aromatic N) is 3. The molecule has 0 unspecified atom stereocenters. The molecule has 1 aromatic heterocycles. The zero-order chi connectivity index (χ0) is 20.2. The molecule has 1 fully saturated rings. The lowest BCUT2D eigenvalue weighted by atomic mass is 10.1. The van der Waals surface area contributed by atoms with Crippen LogP contribution >= 0.6 is 24.0 Å². The number of nitrogens with one attached hydrogen (secondary N) is 2. The standard InChI is InChI=1S/C21H39N5O2.HI/c1-5-22-21(23-12-14-28-19-10-8-6-7-9-11-19)24-16-20-17(2)25-26(18(20)3)13-15-27-4;/h19H,5-16H2,1-4H3,(H2,22,23,24);1H. The predicted octanol–water partition coefficient (Wildman–Crippen LogP) is 3.56. The van der Waals surface area contributed by atoms with Crippen LogP contribution in [0.25, 0.3) is 0 Å². The molecule has 1 heterocycles. The van der Waals surface area contributed by atoms with Crippen molar-refractivity contribution in [3.05, 3.63) is 17.0 Å². The van der Waals surface area contributed by atoms with E-state index in [0.29, 0.717) is 19.3 Å². The first kappa shape index (κ1) is 26.2. The van der Waals surface area contributed by atoms with Crippen molar-refractivity contribution < 1.29 is 9.47 Å². The molecule has 0 atom stereocenters. The average molecular weight is 521 g/mol. The van der Waals surface area contributed by atoms with Crippen LogP contribution in [0.3, 0.4) is 0 Å². The highest BCUT2D eigenvalue weighted by molar-refractivity contribution is 14.0. The topological polar surface area (TPSA) is 72.7 Å². The van der Waals surface area contributed by atoms with E-state index in [1.807, 2.05) is 11.6 Å². The van der Waals surface area contributed by atoms with Gasteiger partial charge in [0.2, 0.25) is 0 Å². The molecule has 7 nitrogen and oxygen atoms in total. The minimum atomic E-state index is 0. The minimum absolute atomic E-state index is 0. The van der Waals surface area contributed by atoms with Crippen LogP contribution in [0.15, 0.2) is 4.99 Å². The molecule has 29 heavy (non-hydrogen) atoms. The SMILES string of the molecule is CCNC(=NCc1c(C)nn(CCOC)c1C)NCCOC1CCCCCC1.I. The highest BCUT2D eigenvalue weighted by atomic mass is 127. The molecule has 0 aliphatic heterocycles. The molecule has 1 aliphatic carbocycles. The number of hydrogen-bond donors (Lipinski definition) is 2. The van der Waals surface area contributed by atoms with E-state index >= 15 is 0 Å². The molecule has 1 saturated carbocycles. The van der Waals surface area contributed by atoms with Gasteiger partial charge in [-0.1, -0.05) is 25.7 Å². The molecule has 0 bridgehead atoms. The molecule has 0 aromatic carbocycles. The Kier molecular flexibility index (Phi) is 13.5. The second-order valence-electron chi connectivity index (χ2n) is 7.47. The Morgan fingerprint density at radius 1 is 1.14 bits per heavy atom. The second-order valence-corrected chi connectivity index (χ2v) is 7.47. The van der Waals surface area contributed by atoms with E-state index in [1.165, 1.54) is 44.1 Å². The first-order valence-corrected chi connectivity index (χ1v) is 10.8. The summed E-state index contributed by atoms with van der Waals surface area (Å²) in [6.45, 7) is 10.6. The summed E-state index contributed by atoms with van der Waals surface area (Å²) >= 11 is 0. The molecule has 1 aliphatic rings. The van der Waals surface area contributed by atoms with Gasteiger partial charge in [0.05, 0.1) is 38.1 Å². The molecule has 0 saturated heterocycles. The van der Waals surface area contributed by atoms with E-state index in [0.717, 1.165) is 43.6 Å². The van der Waals surface area contributed by atoms with Gasteiger partial charge in [-0.25, -0.2) is 4.99 Å². The zero-order valence-corrected chi connectivity index (χ0v) is 21.0. The van der Waals surface area contributed by atoms with Gasteiger partial charge in [0, 0.05) is 31.5 Å². The average Bonchev–Trinajstić information content (AvgIpc) is 2.86. The van der Waals surface area contributed by atoms with Gasteiger partial charge in [-0.2, -0.15) is 5.10 Å². The van der Waals surface area contributed by atoms with Crippen LogP contribution in [-0.4, -0.2) is 55.3 Å². The summed E-state index contributed by atoms with van der Waals surface area (Å²) in [4.78, 5) is 4.75. The molecular weight excluding hydrogens is 481 g/mol. The number of aryl methyl sites for hydroxylation is 1. The molecule has 2 N–H and O–H groups in total. The Morgan fingerprint density at radius 2 is 1.86 bits per heavy atom. The fraction of sp³-hybridized carbons (Fsp3) is 0.810. The smallest absolute Gasteiger partial charge is 0.191 e. The summed E-state index contributed by atoms with van der Waals surface area (Å²) in [5, 5.41) is 11.3. The molecule has 0 radical (unpaired) electrons.